The summed E-state index contributed by atoms with van der Waals surface area (Å²) in [7, 11) is 0. The van der Waals surface area contributed by atoms with E-state index in [2.05, 4.69) is 11.8 Å². The van der Waals surface area contributed by atoms with Crippen LogP contribution in [0.15, 0.2) is 60.7 Å². The molecule has 31 heavy (non-hydrogen) atoms. The van der Waals surface area contributed by atoms with Crippen molar-refractivity contribution in [3.05, 3.63) is 71.8 Å². The summed E-state index contributed by atoms with van der Waals surface area (Å²) < 4.78 is 17.8. The van der Waals surface area contributed by atoms with Crippen LogP contribution in [0.3, 0.4) is 0 Å². The van der Waals surface area contributed by atoms with Gasteiger partial charge < -0.3 is 14.2 Å². The Morgan fingerprint density at radius 1 is 1.00 bits per heavy atom. The van der Waals surface area contributed by atoms with E-state index < -0.39 is 23.8 Å². The number of rotatable bonds is 5. The molecule has 0 spiro atoms. The lowest BCUT2D eigenvalue weighted by Crippen LogP contribution is -2.48. The number of esters is 2. The highest BCUT2D eigenvalue weighted by atomic mass is 16.7. The van der Waals surface area contributed by atoms with Crippen LogP contribution in [0, 0.1) is 23.7 Å². The average Bonchev–Trinajstić information content (AvgIpc) is 3.04. The fraction of sp³-hybridized carbons (Fsp3) is 0.385. The zero-order chi connectivity index (χ0) is 22.4. The third-order valence-corrected chi connectivity index (χ3v) is 5.34. The summed E-state index contributed by atoms with van der Waals surface area (Å²) in [5.74, 6) is 4.87. The van der Waals surface area contributed by atoms with Crippen molar-refractivity contribution >= 4 is 11.9 Å². The first-order valence-corrected chi connectivity index (χ1v) is 10.6. The number of benzene rings is 2. The van der Waals surface area contributed by atoms with Crippen LogP contribution in [-0.2, 0) is 14.2 Å². The Labute approximate surface area is 183 Å². The maximum Gasteiger partial charge on any atom is 0.340 e. The van der Waals surface area contributed by atoms with Crippen LogP contribution >= 0.6 is 0 Å². The monoisotopic (exact) mass is 420 g/mol. The number of ether oxygens (including phenoxy) is 3. The molecule has 3 rings (SSSR count). The van der Waals surface area contributed by atoms with Gasteiger partial charge in [-0.2, -0.15) is 0 Å². The van der Waals surface area contributed by atoms with Gasteiger partial charge >= 0.3 is 11.9 Å². The lowest BCUT2D eigenvalue weighted by atomic mass is 9.85. The summed E-state index contributed by atoms with van der Waals surface area (Å²) in [6, 6.07) is 17.4. The predicted molar refractivity (Wildman–Crippen MR) is 117 cm³/mol. The second-order valence-electron chi connectivity index (χ2n) is 7.95. The van der Waals surface area contributed by atoms with E-state index in [9.17, 15) is 9.59 Å². The van der Waals surface area contributed by atoms with Crippen molar-refractivity contribution in [2.45, 2.75) is 52.1 Å². The number of hydrogen-bond donors (Lipinski definition) is 0. The molecule has 1 aliphatic heterocycles. The van der Waals surface area contributed by atoms with Gasteiger partial charge in [0, 0.05) is 11.8 Å². The second-order valence-corrected chi connectivity index (χ2v) is 7.95. The molecule has 5 heteroatoms. The van der Waals surface area contributed by atoms with Crippen LogP contribution in [0.25, 0.3) is 0 Å². The molecule has 2 aromatic rings. The smallest absolute Gasteiger partial charge is 0.340 e. The highest BCUT2D eigenvalue weighted by Crippen LogP contribution is 2.42. The second kappa shape index (κ2) is 9.80. The van der Waals surface area contributed by atoms with Gasteiger partial charge in [0.2, 0.25) is 5.60 Å². The van der Waals surface area contributed by atoms with Crippen LogP contribution in [0.1, 0.15) is 54.8 Å². The molecule has 1 heterocycles. The van der Waals surface area contributed by atoms with E-state index >= 15 is 0 Å². The van der Waals surface area contributed by atoms with E-state index in [4.69, 9.17) is 14.2 Å². The zero-order valence-corrected chi connectivity index (χ0v) is 18.3. The van der Waals surface area contributed by atoms with E-state index in [0.717, 1.165) is 0 Å². The summed E-state index contributed by atoms with van der Waals surface area (Å²) in [5, 5.41) is 0. The Balaban J connectivity index is 1.99. The third-order valence-electron chi connectivity index (χ3n) is 5.34. The summed E-state index contributed by atoms with van der Waals surface area (Å²) in [4.78, 5) is 25.8. The molecule has 0 N–H and O–H groups in total. The van der Waals surface area contributed by atoms with E-state index in [1.54, 1.807) is 48.5 Å². The standard InChI is InChI=1S/C26H28O5/c1-5-22-19(4)26(17-16-18(2)3,31-24(28)21-14-10-7-11-15-21)25(29-22)30-23(27)20-12-8-6-9-13-20/h6-15,18-19,22,25H,5H2,1-4H3/t19-,22-,25-,26-/m1/s1. The Kier molecular flexibility index (Phi) is 7.14. The topological polar surface area (TPSA) is 61.8 Å². The van der Waals surface area contributed by atoms with Crippen LogP contribution in [0.2, 0.25) is 0 Å². The summed E-state index contributed by atoms with van der Waals surface area (Å²) >= 11 is 0. The van der Waals surface area contributed by atoms with Crippen molar-refractivity contribution in [3.8, 4) is 11.8 Å². The first kappa shape index (κ1) is 22.6. The molecule has 0 bridgehead atoms. The van der Waals surface area contributed by atoms with Gasteiger partial charge in [-0.15, -0.1) is 0 Å². The molecule has 5 nitrogen and oxygen atoms in total. The summed E-state index contributed by atoms with van der Waals surface area (Å²) in [5.41, 5.74) is -0.630. The molecule has 162 valence electrons. The van der Waals surface area contributed by atoms with Crippen molar-refractivity contribution in [2.75, 3.05) is 0 Å². The molecule has 0 aliphatic carbocycles. The number of carbonyl (C=O) groups excluding carboxylic acids is 2. The van der Waals surface area contributed by atoms with Gasteiger partial charge in [-0.1, -0.05) is 70.0 Å². The Morgan fingerprint density at radius 3 is 2.06 bits per heavy atom. The molecule has 0 unspecified atom stereocenters. The minimum atomic E-state index is -1.41. The molecule has 4 atom stereocenters. The zero-order valence-electron chi connectivity index (χ0n) is 18.3. The fourth-order valence-electron chi connectivity index (χ4n) is 3.56. The van der Waals surface area contributed by atoms with E-state index in [1.807, 2.05) is 39.8 Å². The molecule has 0 radical (unpaired) electrons. The highest BCUT2D eigenvalue weighted by Gasteiger charge is 2.59. The molecule has 0 aromatic heterocycles. The fourth-order valence-corrected chi connectivity index (χ4v) is 3.56. The van der Waals surface area contributed by atoms with Crippen LogP contribution in [0.5, 0.6) is 0 Å². The van der Waals surface area contributed by atoms with Gasteiger partial charge in [-0.05, 0) is 36.6 Å². The van der Waals surface area contributed by atoms with Gasteiger partial charge in [-0.3, -0.25) is 0 Å². The van der Waals surface area contributed by atoms with Crippen molar-refractivity contribution in [2.24, 2.45) is 11.8 Å². The predicted octanol–water partition coefficient (Wildman–Crippen LogP) is 4.87. The maximum atomic E-state index is 13.0. The normalized spacial score (nSPS) is 24.9. The largest absolute Gasteiger partial charge is 0.435 e. The third kappa shape index (κ3) is 4.98. The average molecular weight is 421 g/mol. The van der Waals surface area contributed by atoms with Crippen LogP contribution < -0.4 is 0 Å². The minimum Gasteiger partial charge on any atom is -0.435 e. The molecule has 0 amide bonds. The number of carbonyl (C=O) groups is 2. The molecule has 2 aromatic carbocycles. The lowest BCUT2D eigenvalue weighted by molar-refractivity contribution is -0.156. The molecule has 0 saturated carbocycles. The van der Waals surface area contributed by atoms with E-state index in [-0.39, 0.29) is 17.9 Å². The van der Waals surface area contributed by atoms with Gasteiger partial charge in [-0.25, -0.2) is 9.59 Å². The van der Waals surface area contributed by atoms with Gasteiger partial charge in [0.05, 0.1) is 17.2 Å². The van der Waals surface area contributed by atoms with Crippen LogP contribution in [-0.4, -0.2) is 29.9 Å². The van der Waals surface area contributed by atoms with Gasteiger partial charge in [0.1, 0.15) is 0 Å². The Hall–Kier alpha value is -3.10. The first-order chi connectivity index (χ1) is 14.9. The summed E-state index contributed by atoms with van der Waals surface area (Å²) in [6.45, 7) is 7.78. The lowest BCUT2D eigenvalue weighted by Gasteiger charge is -2.31. The van der Waals surface area contributed by atoms with Crippen LogP contribution in [0.4, 0.5) is 0 Å². The molecular weight excluding hydrogens is 392 g/mol. The van der Waals surface area contributed by atoms with E-state index in [0.29, 0.717) is 17.5 Å². The van der Waals surface area contributed by atoms with Gasteiger partial charge in [0.25, 0.3) is 6.29 Å². The molecular formula is C26H28O5. The Morgan fingerprint density at radius 2 is 1.55 bits per heavy atom. The van der Waals surface area contributed by atoms with Crippen molar-refractivity contribution < 1.29 is 23.8 Å². The van der Waals surface area contributed by atoms with Crippen molar-refractivity contribution in [1.82, 2.24) is 0 Å². The molecule has 1 fully saturated rings. The van der Waals surface area contributed by atoms with Crippen molar-refractivity contribution in [3.63, 3.8) is 0 Å². The first-order valence-electron chi connectivity index (χ1n) is 10.6. The molecule has 1 aliphatic rings. The summed E-state index contributed by atoms with van der Waals surface area (Å²) in [6.07, 6.45) is -0.758. The minimum absolute atomic E-state index is 0.0330. The van der Waals surface area contributed by atoms with E-state index in [1.165, 1.54) is 0 Å². The Bertz CT molecular complexity index is 958. The SMILES string of the molecule is CC[C@H]1O[C@H](OC(=O)c2ccccc2)[C@](C#CC(C)C)(OC(=O)c2ccccc2)[C@@H]1C. The quantitative estimate of drug-likeness (QED) is 0.510. The molecule has 1 saturated heterocycles. The highest BCUT2D eigenvalue weighted by molar-refractivity contribution is 5.90. The maximum absolute atomic E-state index is 13.0. The van der Waals surface area contributed by atoms with Gasteiger partial charge in [0.15, 0.2) is 0 Å². The number of hydrogen-bond acceptors (Lipinski definition) is 5. The van der Waals surface area contributed by atoms with Crippen molar-refractivity contribution in [1.29, 1.82) is 0 Å².